The van der Waals surface area contributed by atoms with Crippen molar-refractivity contribution in [2.24, 2.45) is 0 Å². The normalized spacial score (nSPS) is 15.9. The third-order valence-corrected chi connectivity index (χ3v) is 4.78. The number of halogens is 1. The molecule has 4 rings (SSSR count). The molecule has 6 nitrogen and oxygen atoms in total. The maximum Gasteiger partial charge on any atom is 0.290 e. The molecule has 0 saturated carbocycles. The van der Waals surface area contributed by atoms with Gasteiger partial charge in [0.15, 0.2) is 5.43 Å². The van der Waals surface area contributed by atoms with E-state index < -0.39 is 23.2 Å². The number of carbonyl (C=O) groups excluding carboxylic acids is 1. The van der Waals surface area contributed by atoms with Gasteiger partial charge in [0.05, 0.1) is 30.2 Å². The van der Waals surface area contributed by atoms with E-state index in [1.54, 1.807) is 24.3 Å². The van der Waals surface area contributed by atoms with Crippen molar-refractivity contribution in [2.45, 2.75) is 13.0 Å². The first kappa shape index (κ1) is 18.2. The summed E-state index contributed by atoms with van der Waals surface area (Å²) in [6.07, 6.45) is 0. The maximum atomic E-state index is 13.7. The van der Waals surface area contributed by atoms with E-state index in [9.17, 15) is 19.1 Å². The second-order valence-electron chi connectivity index (χ2n) is 6.44. The Morgan fingerprint density at radius 2 is 1.93 bits per heavy atom. The summed E-state index contributed by atoms with van der Waals surface area (Å²) in [7, 11) is 0. The fourth-order valence-corrected chi connectivity index (χ4v) is 3.59. The van der Waals surface area contributed by atoms with Gasteiger partial charge >= 0.3 is 0 Å². The van der Waals surface area contributed by atoms with Crippen LogP contribution >= 0.6 is 0 Å². The predicted octanol–water partition coefficient (Wildman–Crippen LogP) is 2.87. The van der Waals surface area contributed by atoms with E-state index in [1.165, 1.54) is 17.0 Å². The van der Waals surface area contributed by atoms with Crippen LogP contribution in [0.15, 0.2) is 51.7 Å². The Labute approximate surface area is 159 Å². The molecule has 0 unspecified atom stereocenters. The summed E-state index contributed by atoms with van der Waals surface area (Å²) in [6, 6.07) is 9.91. The molecular weight excluding hydrogens is 365 g/mol. The molecule has 0 aliphatic carbocycles. The summed E-state index contributed by atoms with van der Waals surface area (Å²) in [5.41, 5.74) is 0.519. The number of aliphatic hydroxyl groups is 1. The van der Waals surface area contributed by atoms with Crippen molar-refractivity contribution in [3.8, 4) is 5.75 Å². The molecule has 28 heavy (non-hydrogen) atoms. The molecule has 1 aliphatic rings. The average Bonchev–Trinajstić information content (AvgIpc) is 2.96. The van der Waals surface area contributed by atoms with Crippen LogP contribution in [0.1, 0.15) is 34.6 Å². The van der Waals surface area contributed by atoms with Crippen LogP contribution in [0, 0.1) is 5.82 Å². The average molecular weight is 383 g/mol. The largest absolute Gasteiger partial charge is 0.494 e. The zero-order valence-corrected chi connectivity index (χ0v) is 15.1. The van der Waals surface area contributed by atoms with Gasteiger partial charge in [-0.15, -0.1) is 0 Å². The van der Waals surface area contributed by atoms with E-state index in [0.717, 1.165) is 6.07 Å². The quantitative estimate of drug-likeness (QED) is 0.733. The molecule has 0 spiro atoms. The number of amides is 1. The van der Waals surface area contributed by atoms with Crippen LogP contribution in [-0.4, -0.2) is 35.7 Å². The molecular formula is C21H18FNO5. The minimum atomic E-state index is -0.728. The summed E-state index contributed by atoms with van der Waals surface area (Å²) in [4.78, 5) is 27.4. The molecule has 1 aromatic heterocycles. The van der Waals surface area contributed by atoms with Crippen LogP contribution in [0.4, 0.5) is 4.39 Å². The molecule has 1 amide bonds. The van der Waals surface area contributed by atoms with Crippen LogP contribution in [0.2, 0.25) is 0 Å². The molecule has 0 saturated heterocycles. The van der Waals surface area contributed by atoms with Gasteiger partial charge in [-0.05, 0) is 42.8 Å². The van der Waals surface area contributed by atoms with E-state index in [-0.39, 0.29) is 35.4 Å². The van der Waals surface area contributed by atoms with Crippen molar-refractivity contribution in [3.63, 3.8) is 0 Å². The van der Waals surface area contributed by atoms with Gasteiger partial charge in [-0.1, -0.05) is 12.1 Å². The Morgan fingerprint density at radius 1 is 1.18 bits per heavy atom. The highest BCUT2D eigenvalue weighted by Gasteiger charge is 2.42. The van der Waals surface area contributed by atoms with E-state index in [4.69, 9.17) is 9.15 Å². The highest BCUT2D eigenvalue weighted by Crippen LogP contribution is 2.38. The van der Waals surface area contributed by atoms with E-state index >= 15 is 0 Å². The fourth-order valence-electron chi connectivity index (χ4n) is 3.59. The number of fused-ring (bicyclic) bond motifs is 2. The van der Waals surface area contributed by atoms with Crippen molar-refractivity contribution in [3.05, 3.63) is 75.4 Å². The third-order valence-electron chi connectivity index (χ3n) is 4.78. The van der Waals surface area contributed by atoms with Gasteiger partial charge in [0.1, 0.15) is 17.1 Å². The van der Waals surface area contributed by atoms with Gasteiger partial charge in [-0.2, -0.15) is 0 Å². The monoisotopic (exact) mass is 383 g/mol. The molecule has 0 bridgehead atoms. The molecule has 3 aromatic rings. The van der Waals surface area contributed by atoms with Crippen molar-refractivity contribution in [2.75, 3.05) is 19.8 Å². The number of ether oxygens (including phenoxy) is 1. The molecule has 1 atom stereocenters. The number of rotatable bonds is 5. The number of hydrogen-bond acceptors (Lipinski definition) is 5. The summed E-state index contributed by atoms with van der Waals surface area (Å²) >= 11 is 0. The van der Waals surface area contributed by atoms with Crippen molar-refractivity contribution >= 4 is 16.9 Å². The Kier molecular flexibility index (Phi) is 4.60. The zero-order chi connectivity index (χ0) is 19.8. The summed E-state index contributed by atoms with van der Waals surface area (Å²) in [5, 5.41) is 9.50. The predicted molar refractivity (Wildman–Crippen MR) is 100 cm³/mol. The first-order valence-corrected chi connectivity index (χ1v) is 8.96. The lowest BCUT2D eigenvalue weighted by atomic mass is 9.98. The third kappa shape index (κ3) is 2.84. The van der Waals surface area contributed by atoms with Crippen LogP contribution < -0.4 is 10.2 Å². The Hall–Kier alpha value is -3.19. The first-order chi connectivity index (χ1) is 13.5. The molecule has 2 heterocycles. The number of benzene rings is 2. The fraction of sp³-hybridized carbons (Fsp3) is 0.238. The van der Waals surface area contributed by atoms with Crippen LogP contribution in [-0.2, 0) is 0 Å². The van der Waals surface area contributed by atoms with Crippen molar-refractivity contribution < 1.29 is 23.4 Å². The number of nitrogens with zero attached hydrogens (tertiary/aromatic N) is 1. The second-order valence-corrected chi connectivity index (χ2v) is 6.44. The maximum absolute atomic E-state index is 13.7. The minimum absolute atomic E-state index is 0.0328. The van der Waals surface area contributed by atoms with Gasteiger partial charge in [0.2, 0.25) is 5.76 Å². The Bertz CT molecular complexity index is 1110. The SMILES string of the molecule is CCOc1ccc([C@@H]2c3c(oc4ccc(F)cc4c3=O)C(=O)N2CCO)cc1. The van der Waals surface area contributed by atoms with Crippen LogP contribution in [0.25, 0.3) is 11.0 Å². The van der Waals surface area contributed by atoms with Crippen molar-refractivity contribution in [1.82, 2.24) is 4.90 Å². The summed E-state index contributed by atoms with van der Waals surface area (Å²) < 4.78 is 24.8. The summed E-state index contributed by atoms with van der Waals surface area (Å²) in [6.45, 7) is 2.15. The van der Waals surface area contributed by atoms with E-state index in [2.05, 4.69) is 0 Å². The molecule has 0 radical (unpaired) electrons. The molecule has 1 aliphatic heterocycles. The molecule has 2 aromatic carbocycles. The molecule has 144 valence electrons. The van der Waals surface area contributed by atoms with Gasteiger partial charge in [0, 0.05) is 6.54 Å². The van der Waals surface area contributed by atoms with Gasteiger partial charge < -0.3 is 19.2 Å². The van der Waals surface area contributed by atoms with Gasteiger partial charge in [-0.3, -0.25) is 9.59 Å². The topological polar surface area (TPSA) is 80.0 Å². The van der Waals surface area contributed by atoms with E-state index in [0.29, 0.717) is 17.9 Å². The highest BCUT2D eigenvalue weighted by atomic mass is 19.1. The van der Waals surface area contributed by atoms with Gasteiger partial charge in [0.25, 0.3) is 5.91 Å². The Morgan fingerprint density at radius 3 is 2.61 bits per heavy atom. The van der Waals surface area contributed by atoms with Crippen LogP contribution in [0.5, 0.6) is 5.75 Å². The van der Waals surface area contributed by atoms with E-state index in [1.807, 2.05) is 6.92 Å². The highest BCUT2D eigenvalue weighted by molar-refractivity contribution is 5.99. The Balaban J connectivity index is 1.92. The van der Waals surface area contributed by atoms with Gasteiger partial charge in [-0.25, -0.2) is 4.39 Å². The zero-order valence-electron chi connectivity index (χ0n) is 15.1. The minimum Gasteiger partial charge on any atom is -0.494 e. The van der Waals surface area contributed by atoms with Crippen LogP contribution in [0.3, 0.4) is 0 Å². The second kappa shape index (κ2) is 7.09. The first-order valence-electron chi connectivity index (χ1n) is 8.96. The lowest BCUT2D eigenvalue weighted by Gasteiger charge is -2.24. The molecule has 0 fully saturated rings. The number of hydrogen-bond donors (Lipinski definition) is 1. The summed E-state index contributed by atoms with van der Waals surface area (Å²) in [5.74, 6) is -0.450. The lowest BCUT2D eigenvalue weighted by molar-refractivity contribution is 0.0691. The molecule has 7 heteroatoms. The smallest absolute Gasteiger partial charge is 0.290 e. The number of β-amino-alcohol motifs (C(OH)–C–C–N with tert-alkyl or cyclic N) is 1. The van der Waals surface area contributed by atoms with Crippen molar-refractivity contribution in [1.29, 1.82) is 0 Å². The standard InChI is InChI=1S/C21H18FNO5/c1-2-27-14-6-3-12(4-7-14)18-17-19(25)15-11-13(22)5-8-16(15)28-20(17)21(26)23(18)9-10-24/h3-8,11,18,24H,2,9-10H2,1H3/t18-/m1/s1. The number of aliphatic hydroxyl groups excluding tert-OH is 1. The lowest BCUT2D eigenvalue weighted by Crippen LogP contribution is -2.32. The number of carbonyl (C=O) groups is 1. The molecule has 1 N–H and O–H groups in total.